The van der Waals surface area contributed by atoms with Gasteiger partial charge >= 0.3 is 0 Å². The lowest BCUT2D eigenvalue weighted by Crippen LogP contribution is -2.33. The van der Waals surface area contributed by atoms with Crippen molar-refractivity contribution in [2.45, 2.75) is 64.6 Å². The lowest BCUT2D eigenvalue weighted by Gasteiger charge is -2.25. The molecular formula is C23H27FN4O2S. The molecule has 0 amide bonds. The van der Waals surface area contributed by atoms with Gasteiger partial charge in [-0.25, -0.2) is 9.37 Å². The molecule has 164 valence electrons. The van der Waals surface area contributed by atoms with E-state index in [-0.39, 0.29) is 28.9 Å². The molecule has 0 spiro atoms. The van der Waals surface area contributed by atoms with Crippen molar-refractivity contribution in [3.8, 4) is 17.3 Å². The number of Topliss-reactive ketones (excluding diaryl/α,β-unsaturated/α-hetero) is 1. The fourth-order valence-corrected chi connectivity index (χ4v) is 4.67. The molecule has 2 aromatic rings. The van der Waals surface area contributed by atoms with Crippen molar-refractivity contribution in [1.82, 2.24) is 14.5 Å². The van der Waals surface area contributed by atoms with Crippen LogP contribution in [0, 0.1) is 29.0 Å². The van der Waals surface area contributed by atoms with E-state index >= 15 is 0 Å². The molecule has 1 aliphatic rings. The van der Waals surface area contributed by atoms with Crippen LogP contribution in [0.4, 0.5) is 4.39 Å². The van der Waals surface area contributed by atoms with Crippen molar-refractivity contribution in [2.75, 3.05) is 5.75 Å². The molecule has 1 aliphatic heterocycles. The van der Waals surface area contributed by atoms with E-state index in [1.165, 1.54) is 28.6 Å². The van der Waals surface area contributed by atoms with Crippen LogP contribution in [-0.4, -0.2) is 26.1 Å². The molecule has 0 saturated heterocycles. The van der Waals surface area contributed by atoms with Crippen LogP contribution in [0.25, 0.3) is 11.3 Å². The first-order valence-corrected chi connectivity index (χ1v) is 11.4. The second-order valence-corrected chi connectivity index (χ2v) is 10.3. The molecule has 0 aromatic carbocycles. The van der Waals surface area contributed by atoms with Gasteiger partial charge in [-0.2, -0.15) is 5.26 Å². The summed E-state index contributed by atoms with van der Waals surface area (Å²) in [5, 5.41) is 10.2. The number of rotatable bonds is 5. The van der Waals surface area contributed by atoms with Crippen molar-refractivity contribution >= 4 is 17.5 Å². The van der Waals surface area contributed by atoms with Crippen molar-refractivity contribution in [2.24, 2.45) is 11.8 Å². The molecule has 3 heterocycles. The maximum Gasteiger partial charge on any atom is 0.272 e. The quantitative estimate of drug-likeness (QED) is 0.640. The lowest BCUT2D eigenvalue weighted by atomic mass is 9.90. The fraction of sp³-hybridized carbons (Fsp3) is 0.522. The SMILES string of the molecule is CC(C)C(=O)CCC1CSc2nc(-c3cnc(C(C)(C)C)c(F)c3)c(C#N)c(=O)n2C1. The molecule has 2 aromatic heterocycles. The zero-order valence-electron chi connectivity index (χ0n) is 18.5. The van der Waals surface area contributed by atoms with Crippen LogP contribution in [-0.2, 0) is 16.8 Å². The van der Waals surface area contributed by atoms with Crippen molar-refractivity contribution < 1.29 is 9.18 Å². The number of thioether (sulfide) groups is 1. The number of nitrogens with zero attached hydrogens (tertiary/aromatic N) is 4. The van der Waals surface area contributed by atoms with E-state index in [0.29, 0.717) is 35.8 Å². The molecule has 0 N–H and O–H groups in total. The lowest BCUT2D eigenvalue weighted by molar-refractivity contribution is -0.122. The maximum absolute atomic E-state index is 14.7. The molecule has 0 bridgehead atoms. The molecular weight excluding hydrogens is 415 g/mol. The molecule has 1 atom stereocenters. The summed E-state index contributed by atoms with van der Waals surface area (Å²) in [6.07, 6.45) is 2.65. The van der Waals surface area contributed by atoms with E-state index in [9.17, 15) is 19.2 Å². The van der Waals surface area contributed by atoms with Gasteiger partial charge in [-0.3, -0.25) is 19.1 Å². The third-order valence-electron chi connectivity index (χ3n) is 5.40. The summed E-state index contributed by atoms with van der Waals surface area (Å²) in [7, 11) is 0. The largest absolute Gasteiger partial charge is 0.299 e. The van der Waals surface area contributed by atoms with E-state index in [0.717, 1.165) is 5.75 Å². The number of hydrogen-bond acceptors (Lipinski definition) is 6. The van der Waals surface area contributed by atoms with E-state index < -0.39 is 16.8 Å². The molecule has 0 radical (unpaired) electrons. The number of ketones is 1. The first-order chi connectivity index (χ1) is 14.5. The molecule has 0 aliphatic carbocycles. The van der Waals surface area contributed by atoms with E-state index in [2.05, 4.69) is 9.97 Å². The highest BCUT2D eigenvalue weighted by Gasteiger charge is 2.27. The maximum atomic E-state index is 14.7. The van der Waals surface area contributed by atoms with Gasteiger partial charge in [0, 0.05) is 41.8 Å². The Labute approximate surface area is 185 Å². The van der Waals surface area contributed by atoms with Crippen LogP contribution in [0.2, 0.25) is 0 Å². The molecule has 0 saturated carbocycles. The highest BCUT2D eigenvalue weighted by Crippen LogP contribution is 2.32. The number of hydrogen-bond donors (Lipinski definition) is 0. The molecule has 31 heavy (non-hydrogen) atoms. The third kappa shape index (κ3) is 4.87. The Morgan fingerprint density at radius 3 is 2.71 bits per heavy atom. The minimum absolute atomic E-state index is 0.000606. The first kappa shape index (κ1) is 23.1. The van der Waals surface area contributed by atoms with Gasteiger partial charge < -0.3 is 0 Å². The first-order valence-electron chi connectivity index (χ1n) is 10.4. The van der Waals surface area contributed by atoms with Crippen LogP contribution in [0.5, 0.6) is 0 Å². The van der Waals surface area contributed by atoms with Crippen LogP contribution in [0.15, 0.2) is 22.2 Å². The van der Waals surface area contributed by atoms with Gasteiger partial charge in [0.05, 0.1) is 11.4 Å². The second kappa shape index (κ2) is 8.91. The van der Waals surface area contributed by atoms with E-state index in [1.807, 2.05) is 40.7 Å². The number of pyridine rings is 1. The standard InChI is InChI=1S/C23H27FN4O2S/c1-13(2)18(29)7-6-14-11-28-21(30)16(9-25)19(27-22(28)31-12-14)15-8-17(24)20(26-10-15)23(3,4)5/h8,10,13-14H,6-7,11-12H2,1-5H3. The Bertz CT molecular complexity index is 1110. The van der Waals surface area contributed by atoms with Gasteiger partial charge in [0.2, 0.25) is 0 Å². The molecule has 1 unspecified atom stereocenters. The Balaban J connectivity index is 1.95. The van der Waals surface area contributed by atoms with Crippen LogP contribution in [0.1, 0.15) is 58.7 Å². The zero-order valence-corrected chi connectivity index (χ0v) is 19.3. The summed E-state index contributed by atoms with van der Waals surface area (Å²) < 4.78 is 16.2. The van der Waals surface area contributed by atoms with Crippen molar-refractivity contribution in [3.63, 3.8) is 0 Å². The molecule has 3 rings (SSSR count). The predicted molar refractivity (Wildman–Crippen MR) is 118 cm³/mol. The van der Waals surface area contributed by atoms with Crippen molar-refractivity contribution in [3.05, 3.63) is 39.7 Å². The summed E-state index contributed by atoms with van der Waals surface area (Å²) in [5.41, 5.74) is -0.231. The van der Waals surface area contributed by atoms with Gasteiger partial charge in [-0.15, -0.1) is 0 Å². The minimum Gasteiger partial charge on any atom is -0.299 e. The average molecular weight is 443 g/mol. The summed E-state index contributed by atoms with van der Waals surface area (Å²) in [6.45, 7) is 9.78. The van der Waals surface area contributed by atoms with Crippen LogP contribution < -0.4 is 5.56 Å². The van der Waals surface area contributed by atoms with Crippen LogP contribution >= 0.6 is 11.8 Å². The Morgan fingerprint density at radius 1 is 1.42 bits per heavy atom. The number of halogens is 1. The van der Waals surface area contributed by atoms with Gasteiger partial charge in [0.25, 0.3) is 5.56 Å². The smallest absolute Gasteiger partial charge is 0.272 e. The Hall–Kier alpha value is -2.53. The summed E-state index contributed by atoms with van der Waals surface area (Å²) >= 11 is 1.43. The third-order valence-corrected chi connectivity index (χ3v) is 6.61. The predicted octanol–water partition coefficient (Wildman–Crippen LogP) is 4.34. The molecule has 0 fully saturated rings. The van der Waals surface area contributed by atoms with Gasteiger partial charge in [-0.05, 0) is 18.4 Å². The Kier molecular flexibility index (Phi) is 6.65. The highest BCUT2D eigenvalue weighted by atomic mass is 32.2. The van der Waals surface area contributed by atoms with Crippen LogP contribution in [0.3, 0.4) is 0 Å². The second-order valence-electron chi connectivity index (χ2n) is 9.29. The summed E-state index contributed by atoms with van der Waals surface area (Å²) in [5.74, 6) is 0.610. The molecule has 6 nitrogen and oxygen atoms in total. The van der Waals surface area contributed by atoms with Gasteiger partial charge in [0.1, 0.15) is 23.2 Å². The minimum atomic E-state index is -0.490. The average Bonchev–Trinajstić information content (AvgIpc) is 2.70. The van der Waals surface area contributed by atoms with E-state index in [1.54, 1.807) is 0 Å². The fourth-order valence-electron chi connectivity index (χ4n) is 3.55. The number of carbonyl (C=O) groups is 1. The van der Waals surface area contributed by atoms with Crippen molar-refractivity contribution in [1.29, 1.82) is 5.26 Å². The number of aromatic nitrogens is 3. The Morgan fingerprint density at radius 2 is 2.13 bits per heavy atom. The zero-order chi connectivity index (χ0) is 22.9. The van der Waals surface area contributed by atoms with Gasteiger partial charge in [-0.1, -0.05) is 46.4 Å². The topological polar surface area (TPSA) is 88.6 Å². The number of fused-ring (bicyclic) bond motifs is 1. The molecule has 8 heteroatoms. The normalized spacial score (nSPS) is 16.1. The summed E-state index contributed by atoms with van der Waals surface area (Å²) in [4.78, 5) is 33.8. The van der Waals surface area contributed by atoms with E-state index in [4.69, 9.17) is 0 Å². The highest BCUT2D eigenvalue weighted by molar-refractivity contribution is 7.99. The number of carbonyl (C=O) groups excluding carboxylic acids is 1. The summed E-state index contributed by atoms with van der Waals surface area (Å²) in [6, 6.07) is 3.24. The monoisotopic (exact) mass is 442 g/mol. The number of nitriles is 1. The van der Waals surface area contributed by atoms with Gasteiger partial charge in [0.15, 0.2) is 5.16 Å².